The summed E-state index contributed by atoms with van der Waals surface area (Å²) in [6, 6.07) is 8.50. The molecule has 1 aliphatic heterocycles. The molecule has 0 aliphatic carbocycles. The van der Waals surface area contributed by atoms with E-state index in [0.717, 1.165) is 34.0 Å². The Hall–Kier alpha value is -2.08. The first-order valence-electron chi connectivity index (χ1n) is 7.62. The number of amides is 1. The summed E-state index contributed by atoms with van der Waals surface area (Å²) in [5, 5.41) is 5.45. The van der Waals surface area contributed by atoms with Crippen LogP contribution in [0.3, 0.4) is 0 Å². The highest BCUT2D eigenvalue weighted by atomic mass is 79.9. The van der Waals surface area contributed by atoms with Crippen LogP contribution in [0.15, 0.2) is 47.3 Å². The molecule has 4 rings (SSSR count). The van der Waals surface area contributed by atoms with Crippen LogP contribution in [-0.2, 0) is 18.3 Å². The summed E-state index contributed by atoms with van der Waals surface area (Å²) < 4.78 is 4.97. The van der Waals surface area contributed by atoms with Gasteiger partial charge in [-0.25, -0.2) is 0 Å². The third kappa shape index (κ3) is 2.57. The number of rotatable bonds is 3. The third-order valence-corrected chi connectivity index (χ3v) is 4.89. The topological polar surface area (TPSA) is 43.1 Å². The van der Waals surface area contributed by atoms with Gasteiger partial charge >= 0.3 is 0 Å². The van der Waals surface area contributed by atoms with E-state index in [9.17, 15) is 4.79 Å². The Morgan fingerprint density at radius 1 is 1.30 bits per heavy atom. The van der Waals surface area contributed by atoms with Crippen LogP contribution in [0.25, 0.3) is 10.9 Å². The van der Waals surface area contributed by atoms with E-state index in [4.69, 9.17) is 0 Å². The molecule has 1 fully saturated rings. The number of aryl methyl sites for hydroxylation is 1. The molecular formula is C17H17BrN4O. The van der Waals surface area contributed by atoms with Crippen LogP contribution in [0.4, 0.5) is 0 Å². The lowest BCUT2D eigenvalue weighted by atomic mass is 10.1. The Kier molecular flexibility index (Phi) is 3.49. The van der Waals surface area contributed by atoms with Gasteiger partial charge in [0.15, 0.2) is 0 Å². The fourth-order valence-electron chi connectivity index (χ4n) is 3.18. The van der Waals surface area contributed by atoms with Gasteiger partial charge in [-0.1, -0.05) is 18.2 Å². The minimum atomic E-state index is 0.184. The average molecular weight is 373 g/mol. The van der Waals surface area contributed by atoms with E-state index in [2.05, 4.69) is 43.9 Å². The first kappa shape index (κ1) is 14.5. The minimum absolute atomic E-state index is 0.184. The Morgan fingerprint density at radius 3 is 2.83 bits per heavy atom. The van der Waals surface area contributed by atoms with Gasteiger partial charge in [0.05, 0.1) is 23.1 Å². The number of hydrogen-bond acceptors (Lipinski definition) is 2. The molecule has 0 radical (unpaired) electrons. The van der Waals surface area contributed by atoms with Crippen molar-refractivity contribution in [1.29, 1.82) is 0 Å². The van der Waals surface area contributed by atoms with Crippen molar-refractivity contribution in [3.05, 3.63) is 52.9 Å². The molecule has 0 saturated carbocycles. The van der Waals surface area contributed by atoms with E-state index in [-0.39, 0.29) is 11.9 Å². The van der Waals surface area contributed by atoms with Gasteiger partial charge in [0, 0.05) is 43.4 Å². The number of fused-ring (bicyclic) bond motifs is 1. The predicted molar refractivity (Wildman–Crippen MR) is 92.2 cm³/mol. The van der Waals surface area contributed by atoms with E-state index in [0.29, 0.717) is 6.42 Å². The molecule has 118 valence electrons. The summed E-state index contributed by atoms with van der Waals surface area (Å²) in [7, 11) is 2.02. The molecule has 23 heavy (non-hydrogen) atoms. The van der Waals surface area contributed by atoms with Crippen LogP contribution in [0.2, 0.25) is 0 Å². The van der Waals surface area contributed by atoms with Crippen molar-refractivity contribution >= 4 is 32.7 Å². The number of halogens is 1. The number of hydrogen-bond donors (Lipinski definition) is 0. The number of aromatic nitrogens is 3. The molecule has 5 nitrogen and oxygen atoms in total. The van der Waals surface area contributed by atoms with Crippen molar-refractivity contribution in [3.8, 4) is 0 Å². The third-order valence-electron chi connectivity index (χ3n) is 4.48. The lowest BCUT2D eigenvalue weighted by Gasteiger charge is -2.39. The first-order valence-corrected chi connectivity index (χ1v) is 8.41. The van der Waals surface area contributed by atoms with Crippen LogP contribution >= 0.6 is 15.9 Å². The molecule has 1 aliphatic rings. The van der Waals surface area contributed by atoms with Crippen LogP contribution in [0.5, 0.6) is 0 Å². The average Bonchev–Trinajstić information content (AvgIpc) is 3.03. The second-order valence-corrected chi connectivity index (χ2v) is 6.97. The van der Waals surface area contributed by atoms with Gasteiger partial charge in [-0.05, 0) is 27.6 Å². The summed E-state index contributed by atoms with van der Waals surface area (Å²) in [4.78, 5) is 14.4. The second kappa shape index (κ2) is 5.53. The first-order chi connectivity index (χ1) is 11.1. The Labute approximate surface area is 142 Å². The van der Waals surface area contributed by atoms with Crippen molar-refractivity contribution in [2.24, 2.45) is 7.05 Å². The second-order valence-electron chi connectivity index (χ2n) is 6.05. The largest absolute Gasteiger partial charge is 0.350 e. The molecule has 0 spiro atoms. The van der Waals surface area contributed by atoms with Crippen LogP contribution in [0.1, 0.15) is 11.6 Å². The van der Waals surface area contributed by atoms with Gasteiger partial charge in [0.1, 0.15) is 0 Å². The summed E-state index contributed by atoms with van der Waals surface area (Å²) in [6.45, 7) is 1.47. The monoisotopic (exact) mass is 372 g/mol. The quantitative estimate of drug-likeness (QED) is 0.709. The Morgan fingerprint density at radius 2 is 2.09 bits per heavy atom. The van der Waals surface area contributed by atoms with Gasteiger partial charge < -0.3 is 9.47 Å². The minimum Gasteiger partial charge on any atom is -0.350 e. The number of para-hydroxylation sites is 1. The molecular weight excluding hydrogens is 356 g/mol. The Balaban J connectivity index is 1.45. The zero-order valence-electron chi connectivity index (χ0n) is 12.8. The van der Waals surface area contributed by atoms with E-state index >= 15 is 0 Å². The fraction of sp³-hybridized carbons (Fsp3) is 0.294. The molecule has 1 aromatic carbocycles. The SMILES string of the molecule is Cn1cc(CC(=O)N2CC(n3cc(Br)cn3)C2)c2ccccc21. The van der Waals surface area contributed by atoms with Gasteiger partial charge in [-0.3, -0.25) is 9.48 Å². The highest BCUT2D eigenvalue weighted by Crippen LogP contribution is 2.25. The lowest BCUT2D eigenvalue weighted by Crippen LogP contribution is -2.51. The van der Waals surface area contributed by atoms with Crippen molar-refractivity contribution in [2.45, 2.75) is 12.5 Å². The van der Waals surface area contributed by atoms with Crippen LogP contribution < -0.4 is 0 Å². The summed E-state index contributed by atoms with van der Waals surface area (Å²) in [5.74, 6) is 0.184. The Bertz CT molecular complexity index is 876. The maximum absolute atomic E-state index is 12.5. The number of nitrogens with zero attached hydrogens (tertiary/aromatic N) is 4. The molecule has 1 saturated heterocycles. The molecule has 0 N–H and O–H groups in total. The summed E-state index contributed by atoms with van der Waals surface area (Å²) in [6.07, 6.45) is 6.25. The number of benzene rings is 1. The molecule has 3 heterocycles. The van der Waals surface area contributed by atoms with Gasteiger partial charge in [-0.15, -0.1) is 0 Å². The van der Waals surface area contributed by atoms with E-state index in [1.807, 2.05) is 35.0 Å². The number of carbonyl (C=O) groups is 1. The van der Waals surface area contributed by atoms with Crippen molar-refractivity contribution in [1.82, 2.24) is 19.2 Å². The zero-order chi connectivity index (χ0) is 16.0. The van der Waals surface area contributed by atoms with Gasteiger partial charge in [0.2, 0.25) is 5.91 Å². The van der Waals surface area contributed by atoms with Crippen molar-refractivity contribution in [2.75, 3.05) is 13.1 Å². The van der Waals surface area contributed by atoms with Crippen molar-refractivity contribution in [3.63, 3.8) is 0 Å². The van der Waals surface area contributed by atoms with Crippen LogP contribution in [0, 0.1) is 0 Å². The molecule has 6 heteroatoms. The van der Waals surface area contributed by atoms with E-state index in [1.54, 1.807) is 6.20 Å². The smallest absolute Gasteiger partial charge is 0.227 e. The molecule has 0 unspecified atom stereocenters. The maximum atomic E-state index is 12.5. The predicted octanol–water partition coefficient (Wildman–Crippen LogP) is 2.76. The molecule has 1 amide bonds. The van der Waals surface area contributed by atoms with Gasteiger partial charge in [0.25, 0.3) is 0 Å². The fourth-order valence-corrected chi connectivity index (χ4v) is 3.48. The summed E-state index contributed by atoms with van der Waals surface area (Å²) in [5.41, 5.74) is 2.26. The standard InChI is InChI=1S/C17H17BrN4O/c1-20-8-12(15-4-2-3-5-16(15)20)6-17(23)21-10-14(11-21)22-9-13(18)7-19-22/h2-5,7-9,14H,6,10-11H2,1H3. The summed E-state index contributed by atoms with van der Waals surface area (Å²) >= 11 is 3.40. The van der Waals surface area contributed by atoms with Gasteiger partial charge in [-0.2, -0.15) is 5.10 Å². The number of carbonyl (C=O) groups excluding carboxylic acids is 1. The highest BCUT2D eigenvalue weighted by molar-refractivity contribution is 9.10. The molecule has 3 aromatic rings. The van der Waals surface area contributed by atoms with E-state index < -0.39 is 0 Å². The molecule has 2 aromatic heterocycles. The maximum Gasteiger partial charge on any atom is 0.227 e. The molecule has 0 atom stereocenters. The lowest BCUT2D eigenvalue weighted by molar-refractivity contribution is -0.136. The van der Waals surface area contributed by atoms with Crippen molar-refractivity contribution < 1.29 is 4.79 Å². The van der Waals surface area contributed by atoms with E-state index in [1.165, 1.54) is 0 Å². The number of likely N-dealkylation sites (tertiary alicyclic amines) is 1. The zero-order valence-corrected chi connectivity index (χ0v) is 14.4. The highest BCUT2D eigenvalue weighted by Gasteiger charge is 2.32. The van der Waals surface area contributed by atoms with Crippen LogP contribution in [-0.4, -0.2) is 38.2 Å². The molecule has 0 bridgehead atoms. The normalized spacial score (nSPS) is 15.1.